The summed E-state index contributed by atoms with van der Waals surface area (Å²) in [5, 5.41) is 19.1. The molecule has 0 bridgehead atoms. The molecule has 1 unspecified atom stereocenters. The van der Waals surface area contributed by atoms with Gasteiger partial charge in [-0.15, -0.1) is 5.10 Å². The van der Waals surface area contributed by atoms with Crippen LogP contribution in [0.1, 0.15) is 44.8 Å². The molecular formula is C17H28F3N5O3. The predicted molar refractivity (Wildman–Crippen MR) is 94.8 cm³/mol. The molecule has 2 saturated heterocycles. The highest BCUT2D eigenvalue weighted by molar-refractivity contribution is 5.73. The van der Waals surface area contributed by atoms with E-state index in [9.17, 15) is 13.2 Å². The zero-order valence-electron chi connectivity index (χ0n) is 16.2. The van der Waals surface area contributed by atoms with E-state index < -0.39 is 12.1 Å². The van der Waals surface area contributed by atoms with Crippen molar-refractivity contribution in [1.29, 1.82) is 0 Å². The molecule has 2 aliphatic heterocycles. The summed E-state index contributed by atoms with van der Waals surface area (Å²) in [6.07, 6.45) is 0.343. The molecule has 0 amide bonds. The molecule has 1 aromatic heterocycles. The number of nitrogens with zero attached hydrogens (tertiary/aromatic N) is 4. The normalized spacial score (nSPS) is 23.4. The van der Waals surface area contributed by atoms with Crippen molar-refractivity contribution in [1.82, 2.24) is 25.2 Å². The highest BCUT2D eigenvalue weighted by Gasteiger charge is 2.38. The minimum atomic E-state index is -5.08. The summed E-state index contributed by atoms with van der Waals surface area (Å²) < 4.78 is 39.8. The Hall–Kier alpha value is -1.72. The van der Waals surface area contributed by atoms with E-state index in [0.29, 0.717) is 6.04 Å². The topological polar surface area (TPSA) is 92.5 Å². The standard InChI is InChI=1S/C15H27N5O.C2HF3O2/c1-15(2)12-19(7-4-8-21-15)11-14-10-17-18-20(14)13-5-3-6-16-9-13;3-2(4,5)1(6)7/h10,13,16H,3-9,11-12H2,1-2H3;(H,6,7). The van der Waals surface area contributed by atoms with Crippen molar-refractivity contribution in [2.24, 2.45) is 0 Å². The van der Waals surface area contributed by atoms with E-state index in [2.05, 4.69) is 39.1 Å². The Labute approximate surface area is 162 Å². The molecule has 1 aromatic rings. The Balaban J connectivity index is 0.000000345. The lowest BCUT2D eigenvalue weighted by atomic mass is 10.1. The van der Waals surface area contributed by atoms with Gasteiger partial charge in [-0.3, -0.25) is 4.90 Å². The average Bonchev–Trinajstić information content (AvgIpc) is 2.99. The second-order valence-corrected chi connectivity index (χ2v) is 7.65. The smallest absolute Gasteiger partial charge is 0.475 e. The maximum atomic E-state index is 10.6. The van der Waals surface area contributed by atoms with Crippen LogP contribution in [0.5, 0.6) is 0 Å². The van der Waals surface area contributed by atoms with E-state index in [-0.39, 0.29) is 5.60 Å². The minimum absolute atomic E-state index is 0.0683. The Morgan fingerprint density at radius 1 is 1.43 bits per heavy atom. The van der Waals surface area contributed by atoms with Crippen LogP contribution in [0, 0.1) is 0 Å². The second kappa shape index (κ2) is 9.66. The molecule has 2 fully saturated rings. The summed E-state index contributed by atoms with van der Waals surface area (Å²) in [7, 11) is 0. The first-order chi connectivity index (χ1) is 13.1. The van der Waals surface area contributed by atoms with E-state index in [1.165, 1.54) is 18.5 Å². The van der Waals surface area contributed by atoms with Crippen molar-refractivity contribution in [3.8, 4) is 0 Å². The molecule has 28 heavy (non-hydrogen) atoms. The number of ether oxygens (including phenoxy) is 1. The number of carboxylic acid groups (broad SMARTS) is 1. The van der Waals surface area contributed by atoms with Crippen molar-refractivity contribution < 1.29 is 27.8 Å². The largest absolute Gasteiger partial charge is 0.490 e. The van der Waals surface area contributed by atoms with Crippen molar-refractivity contribution in [3.63, 3.8) is 0 Å². The third kappa shape index (κ3) is 7.02. The molecule has 1 atom stereocenters. The van der Waals surface area contributed by atoms with Gasteiger partial charge in [0.2, 0.25) is 0 Å². The SMILES string of the molecule is CC1(C)CN(Cc2cnnn2C2CCCNC2)CCCO1.O=C(O)C(F)(F)F. The first-order valence-corrected chi connectivity index (χ1v) is 9.35. The van der Waals surface area contributed by atoms with Crippen molar-refractivity contribution in [2.75, 3.05) is 32.8 Å². The number of nitrogens with one attached hydrogen (secondary N) is 1. The number of hydrogen-bond acceptors (Lipinski definition) is 6. The summed E-state index contributed by atoms with van der Waals surface area (Å²) in [5.41, 5.74) is 1.16. The third-order valence-electron chi connectivity index (χ3n) is 4.61. The zero-order chi connectivity index (χ0) is 20.8. The van der Waals surface area contributed by atoms with Crippen LogP contribution in [0.2, 0.25) is 0 Å². The van der Waals surface area contributed by atoms with Crippen LogP contribution in [0.4, 0.5) is 13.2 Å². The van der Waals surface area contributed by atoms with Gasteiger partial charge in [-0.05, 0) is 39.7 Å². The van der Waals surface area contributed by atoms with E-state index in [4.69, 9.17) is 14.6 Å². The molecule has 3 rings (SSSR count). The van der Waals surface area contributed by atoms with Gasteiger partial charge in [-0.1, -0.05) is 5.21 Å². The van der Waals surface area contributed by atoms with Gasteiger partial charge < -0.3 is 15.2 Å². The summed E-state index contributed by atoms with van der Waals surface area (Å²) in [5.74, 6) is -2.76. The maximum absolute atomic E-state index is 10.6. The average molecular weight is 407 g/mol. The van der Waals surface area contributed by atoms with Crippen molar-refractivity contribution in [2.45, 2.75) is 57.5 Å². The monoisotopic (exact) mass is 407 g/mol. The van der Waals surface area contributed by atoms with Gasteiger partial charge in [-0.25, -0.2) is 9.48 Å². The van der Waals surface area contributed by atoms with Crippen LogP contribution >= 0.6 is 0 Å². The number of hydrogen-bond donors (Lipinski definition) is 2. The molecule has 2 aliphatic rings. The number of rotatable bonds is 3. The van der Waals surface area contributed by atoms with Crippen molar-refractivity contribution in [3.05, 3.63) is 11.9 Å². The van der Waals surface area contributed by atoms with E-state index in [1.807, 2.05) is 6.20 Å². The second-order valence-electron chi connectivity index (χ2n) is 7.65. The Kier molecular flexibility index (Phi) is 7.79. The van der Waals surface area contributed by atoms with Crippen LogP contribution in [0.15, 0.2) is 6.20 Å². The fourth-order valence-corrected chi connectivity index (χ4v) is 3.39. The summed E-state index contributed by atoms with van der Waals surface area (Å²) in [6, 6.07) is 0.451. The molecular weight excluding hydrogens is 379 g/mol. The highest BCUT2D eigenvalue weighted by Crippen LogP contribution is 2.21. The quantitative estimate of drug-likeness (QED) is 0.790. The van der Waals surface area contributed by atoms with Crippen LogP contribution in [-0.4, -0.2) is 75.5 Å². The molecule has 0 saturated carbocycles. The number of halogens is 3. The number of piperidine rings is 1. The summed E-state index contributed by atoms with van der Waals surface area (Å²) in [4.78, 5) is 11.4. The van der Waals surface area contributed by atoms with Crippen LogP contribution in [0.25, 0.3) is 0 Å². The molecule has 0 aliphatic carbocycles. The van der Waals surface area contributed by atoms with Gasteiger partial charge in [0.15, 0.2) is 0 Å². The Bertz CT molecular complexity index is 630. The zero-order valence-corrected chi connectivity index (χ0v) is 16.2. The lowest BCUT2D eigenvalue weighted by Gasteiger charge is -2.30. The number of aliphatic carboxylic acids is 1. The fraction of sp³-hybridized carbons (Fsp3) is 0.824. The molecule has 0 aromatic carbocycles. The fourth-order valence-electron chi connectivity index (χ4n) is 3.39. The Morgan fingerprint density at radius 3 is 2.75 bits per heavy atom. The van der Waals surface area contributed by atoms with Crippen LogP contribution < -0.4 is 5.32 Å². The van der Waals surface area contributed by atoms with Gasteiger partial charge in [0.1, 0.15) is 0 Å². The van der Waals surface area contributed by atoms with Crippen LogP contribution in [-0.2, 0) is 16.1 Å². The minimum Gasteiger partial charge on any atom is -0.475 e. The van der Waals surface area contributed by atoms with Gasteiger partial charge in [0.05, 0.1) is 23.5 Å². The molecule has 3 heterocycles. The van der Waals surface area contributed by atoms with E-state index in [1.54, 1.807) is 0 Å². The van der Waals surface area contributed by atoms with Gasteiger partial charge in [-0.2, -0.15) is 13.2 Å². The summed E-state index contributed by atoms with van der Waals surface area (Å²) >= 11 is 0. The van der Waals surface area contributed by atoms with Gasteiger partial charge >= 0.3 is 12.1 Å². The number of carboxylic acids is 1. The number of carbonyl (C=O) groups is 1. The number of aromatic nitrogens is 3. The first kappa shape index (κ1) is 22.6. The van der Waals surface area contributed by atoms with Crippen LogP contribution in [0.3, 0.4) is 0 Å². The first-order valence-electron chi connectivity index (χ1n) is 9.35. The predicted octanol–water partition coefficient (Wildman–Crippen LogP) is 1.84. The Morgan fingerprint density at radius 2 is 2.14 bits per heavy atom. The van der Waals surface area contributed by atoms with Gasteiger partial charge in [0.25, 0.3) is 0 Å². The molecule has 0 spiro atoms. The third-order valence-corrected chi connectivity index (χ3v) is 4.61. The van der Waals surface area contributed by atoms with E-state index >= 15 is 0 Å². The molecule has 160 valence electrons. The highest BCUT2D eigenvalue weighted by atomic mass is 19.4. The number of alkyl halides is 3. The van der Waals surface area contributed by atoms with Crippen molar-refractivity contribution >= 4 is 5.97 Å². The van der Waals surface area contributed by atoms with Gasteiger partial charge in [0, 0.05) is 32.8 Å². The molecule has 0 radical (unpaired) electrons. The van der Waals surface area contributed by atoms with E-state index in [0.717, 1.165) is 45.8 Å². The molecule has 2 N–H and O–H groups in total. The lowest BCUT2D eigenvalue weighted by Crippen LogP contribution is -2.39. The maximum Gasteiger partial charge on any atom is 0.490 e. The molecule has 11 heteroatoms. The lowest BCUT2D eigenvalue weighted by molar-refractivity contribution is -0.192. The summed E-state index contributed by atoms with van der Waals surface area (Å²) in [6.45, 7) is 10.3. The molecule has 8 nitrogen and oxygen atoms in total.